The maximum absolute atomic E-state index is 11.5. The molecule has 14 heavy (non-hydrogen) atoms. The predicted molar refractivity (Wildman–Crippen MR) is 51.1 cm³/mol. The molecule has 0 aromatic carbocycles. The Labute approximate surface area is 82.3 Å². The molecule has 0 unspecified atom stereocenters. The molecular formula is C10H11N3O. The zero-order chi connectivity index (χ0) is 9.97. The second kappa shape index (κ2) is 3.57. The number of nitrogens with zero attached hydrogens (tertiary/aromatic N) is 3. The quantitative estimate of drug-likeness (QED) is 0.616. The van der Waals surface area contributed by atoms with Crippen molar-refractivity contribution in [1.82, 2.24) is 14.9 Å². The lowest BCUT2D eigenvalue weighted by atomic mass is 10.3. The van der Waals surface area contributed by atoms with Crippen molar-refractivity contribution in [3.8, 4) is 0 Å². The normalized spacial score (nSPS) is 14.8. The summed E-state index contributed by atoms with van der Waals surface area (Å²) in [5, 5.41) is 0. The van der Waals surface area contributed by atoms with Crippen LogP contribution in [0.15, 0.2) is 24.7 Å². The van der Waals surface area contributed by atoms with E-state index < -0.39 is 0 Å². The molecule has 0 fully saturated rings. The SMILES string of the molecule is C/C=C/C(=O)N1Cc2cncnc2C1. The van der Waals surface area contributed by atoms with Gasteiger partial charge in [-0.2, -0.15) is 0 Å². The van der Waals surface area contributed by atoms with E-state index in [1.165, 1.54) is 6.33 Å². The van der Waals surface area contributed by atoms with Gasteiger partial charge in [0.25, 0.3) is 0 Å². The zero-order valence-corrected chi connectivity index (χ0v) is 7.97. The molecule has 0 spiro atoms. The summed E-state index contributed by atoms with van der Waals surface area (Å²) in [7, 11) is 0. The molecule has 4 nitrogen and oxygen atoms in total. The van der Waals surface area contributed by atoms with Crippen molar-refractivity contribution in [1.29, 1.82) is 0 Å². The Hall–Kier alpha value is -1.71. The molecule has 1 aliphatic rings. The van der Waals surface area contributed by atoms with E-state index in [1.807, 2.05) is 6.92 Å². The highest BCUT2D eigenvalue weighted by Gasteiger charge is 2.22. The average Bonchev–Trinajstić information content (AvgIpc) is 2.61. The maximum Gasteiger partial charge on any atom is 0.246 e. The van der Waals surface area contributed by atoms with Crippen LogP contribution in [-0.2, 0) is 17.9 Å². The second-order valence-corrected chi connectivity index (χ2v) is 3.19. The molecule has 4 heteroatoms. The summed E-state index contributed by atoms with van der Waals surface area (Å²) in [6.45, 7) is 3.06. The van der Waals surface area contributed by atoms with E-state index >= 15 is 0 Å². The van der Waals surface area contributed by atoms with Crippen LogP contribution in [0.1, 0.15) is 18.2 Å². The molecule has 0 bridgehead atoms. The number of amides is 1. The van der Waals surface area contributed by atoms with Gasteiger partial charge in [-0.25, -0.2) is 9.97 Å². The average molecular weight is 189 g/mol. The number of carbonyl (C=O) groups excluding carboxylic acids is 1. The number of allylic oxidation sites excluding steroid dienone is 1. The zero-order valence-electron chi connectivity index (χ0n) is 7.97. The van der Waals surface area contributed by atoms with Crippen LogP contribution in [0.2, 0.25) is 0 Å². The number of hydrogen-bond acceptors (Lipinski definition) is 3. The van der Waals surface area contributed by atoms with Crippen LogP contribution in [0.4, 0.5) is 0 Å². The lowest BCUT2D eigenvalue weighted by molar-refractivity contribution is -0.126. The van der Waals surface area contributed by atoms with E-state index in [0.717, 1.165) is 11.3 Å². The van der Waals surface area contributed by atoms with Gasteiger partial charge >= 0.3 is 0 Å². The molecular weight excluding hydrogens is 178 g/mol. The third-order valence-electron chi connectivity index (χ3n) is 2.20. The first-order valence-corrected chi connectivity index (χ1v) is 4.50. The van der Waals surface area contributed by atoms with E-state index in [-0.39, 0.29) is 5.91 Å². The van der Waals surface area contributed by atoms with Crippen LogP contribution in [0, 0.1) is 0 Å². The molecule has 0 N–H and O–H groups in total. The van der Waals surface area contributed by atoms with Crippen LogP contribution >= 0.6 is 0 Å². The summed E-state index contributed by atoms with van der Waals surface area (Å²) >= 11 is 0. The molecule has 2 heterocycles. The minimum absolute atomic E-state index is 0.0329. The second-order valence-electron chi connectivity index (χ2n) is 3.19. The Balaban J connectivity index is 2.15. The summed E-state index contributed by atoms with van der Waals surface area (Å²) in [4.78, 5) is 21.3. The lowest BCUT2D eigenvalue weighted by Crippen LogP contribution is -2.23. The summed E-state index contributed by atoms with van der Waals surface area (Å²) in [5.41, 5.74) is 2.00. The van der Waals surface area contributed by atoms with Crippen LogP contribution in [-0.4, -0.2) is 20.8 Å². The molecule has 1 aromatic heterocycles. The van der Waals surface area contributed by atoms with E-state index in [2.05, 4.69) is 9.97 Å². The van der Waals surface area contributed by atoms with Crippen molar-refractivity contribution in [2.75, 3.05) is 0 Å². The van der Waals surface area contributed by atoms with Crippen LogP contribution in [0.5, 0.6) is 0 Å². The molecule has 0 atom stereocenters. The molecule has 1 aliphatic heterocycles. The van der Waals surface area contributed by atoms with Gasteiger partial charge in [-0.1, -0.05) is 6.08 Å². The molecule has 2 rings (SSSR count). The minimum Gasteiger partial charge on any atom is -0.329 e. The Morgan fingerprint density at radius 1 is 1.57 bits per heavy atom. The van der Waals surface area contributed by atoms with Gasteiger partial charge in [-0.3, -0.25) is 4.79 Å². The molecule has 1 amide bonds. The van der Waals surface area contributed by atoms with Gasteiger partial charge in [-0.15, -0.1) is 0 Å². The predicted octanol–water partition coefficient (Wildman–Crippen LogP) is 0.895. The maximum atomic E-state index is 11.5. The summed E-state index contributed by atoms with van der Waals surface area (Å²) < 4.78 is 0. The molecule has 0 saturated heterocycles. The first-order valence-electron chi connectivity index (χ1n) is 4.50. The first-order chi connectivity index (χ1) is 6.81. The Morgan fingerprint density at radius 3 is 3.14 bits per heavy atom. The van der Waals surface area contributed by atoms with E-state index in [4.69, 9.17) is 0 Å². The molecule has 0 radical (unpaired) electrons. The van der Waals surface area contributed by atoms with Crippen molar-refractivity contribution in [2.24, 2.45) is 0 Å². The number of aromatic nitrogens is 2. The first kappa shape index (κ1) is 8.87. The van der Waals surface area contributed by atoms with Gasteiger partial charge in [0, 0.05) is 18.3 Å². The third-order valence-corrected chi connectivity index (χ3v) is 2.20. The third kappa shape index (κ3) is 1.51. The highest BCUT2D eigenvalue weighted by Crippen LogP contribution is 2.19. The monoisotopic (exact) mass is 189 g/mol. The van der Waals surface area contributed by atoms with Crippen molar-refractivity contribution in [3.05, 3.63) is 35.9 Å². The number of rotatable bonds is 1. The molecule has 0 saturated carbocycles. The van der Waals surface area contributed by atoms with Crippen molar-refractivity contribution in [2.45, 2.75) is 20.0 Å². The standard InChI is InChI=1S/C10H11N3O/c1-2-3-10(14)13-5-8-4-11-7-12-9(8)6-13/h2-4,7H,5-6H2,1H3/b3-2+. The number of hydrogen-bond donors (Lipinski definition) is 0. The fourth-order valence-electron chi connectivity index (χ4n) is 1.50. The number of carbonyl (C=O) groups is 1. The highest BCUT2D eigenvalue weighted by atomic mass is 16.2. The van der Waals surface area contributed by atoms with Crippen LogP contribution in [0.3, 0.4) is 0 Å². The van der Waals surface area contributed by atoms with Crippen molar-refractivity contribution >= 4 is 5.91 Å². The smallest absolute Gasteiger partial charge is 0.246 e. The van der Waals surface area contributed by atoms with Crippen molar-refractivity contribution < 1.29 is 4.79 Å². The van der Waals surface area contributed by atoms with E-state index in [0.29, 0.717) is 13.1 Å². The van der Waals surface area contributed by atoms with E-state index in [1.54, 1.807) is 23.2 Å². The van der Waals surface area contributed by atoms with Crippen molar-refractivity contribution in [3.63, 3.8) is 0 Å². The largest absolute Gasteiger partial charge is 0.329 e. The Kier molecular flexibility index (Phi) is 2.26. The topological polar surface area (TPSA) is 46.1 Å². The Morgan fingerprint density at radius 2 is 2.43 bits per heavy atom. The van der Waals surface area contributed by atoms with Gasteiger partial charge in [0.15, 0.2) is 0 Å². The van der Waals surface area contributed by atoms with Crippen LogP contribution in [0.25, 0.3) is 0 Å². The summed E-state index contributed by atoms with van der Waals surface area (Å²) in [6.07, 6.45) is 6.60. The van der Waals surface area contributed by atoms with E-state index in [9.17, 15) is 4.79 Å². The fourth-order valence-corrected chi connectivity index (χ4v) is 1.50. The molecule has 72 valence electrons. The highest BCUT2D eigenvalue weighted by molar-refractivity contribution is 5.87. The van der Waals surface area contributed by atoms with Gasteiger partial charge in [-0.05, 0) is 13.0 Å². The van der Waals surface area contributed by atoms with Gasteiger partial charge in [0.1, 0.15) is 6.33 Å². The van der Waals surface area contributed by atoms with Gasteiger partial charge in [0.05, 0.1) is 12.2 Å². The van der Waals surface area contributed by atoms with Crippen LogP contribution < -0.4 is 0 Å². The summed E-state index contributed by atoms with van der Waals surface area (Å²) in [6, 6.07) is 0. The summed E-state index contributed by atoms with van der Waals surface area (Å²) in [5.74, 6) is 0.0329. The fraction of sp³-hybridized carbons (Fsp3) is 0.300. The minimum atomic E-state index is 0.0329. The van der Waals surface area contributed by atoms with Gasteiger partial charge < -0.3 is 4.90 Å². The number of fused-ring (bicyclic) bond motifs is 1. The lowest BCUT2D eigenvalue weighted by Gasteiger charge is -2.11. The van der Waals surface area contributed by atoms with Gasteiger partial charge in [0.2, 0.25) is 5.91 Å². The Bertz CT molecular complexity index is 362. The molecule has 1 aromatic rings. The molecule has 0 aliphatic carbocycles.